The summed E-state index contributed by atoms with van der Waals surface area (Å²) < 4.78 is 10.1. The van der Waals surface area contributed by atoms with Gasteiger partial charge >= 0.3 is 0 Å². The maximum atomic E-state index is 5.32. The summed E-state index contributed by atoms with van der Waals surface area (Å²) in [6.07, 6.45) is 12.9. The number of anilines is 4. The van der Waals surface area contributed by atoms with E-state index >= 15 is 0 Å². The molecule has 8 nitrogen and oxygen atoms in total. The van der Waals surface area contributed by atoms with Crippen molar-refractivity contribution in [2.24, 2.45) is 10.2 Å². The van der Waals surface area contributed by atoms with Gasteiger partial charge in [-0.05, 0) is 87.4 Å². The molecule has 1 aliphatic rings. The molecule has 2 heterocycles. The molecule has 0 saturated heterocycles. The van der Waals surface area contributed by atoms with Crippen LogP contribution in [0, 0.1) is 0 Å². The van der Waals surface area contributed by atoms with Gasteiger partial charge in [0, 0.05) is 74.7 Å². The second-order valence-electron chi connectivity index (χ2n) is 14.1. The summed E-state index contributed by atoms with van der Waals surface area (Å²) >= 11 is 0. The van der Waals surface area contributed by atoms with E-state index in [2.05, 4.69) is 144 Å². The molecule has 0 aliphatic carbocycles. The van der Waals surface area contributed by atoms with Crippen LogP contribution in [-0.2, 0) is 12.0 Å². The molecule has 0 N–H and O–H groups in total. The number of nitrogens with zero attached hydrogens (tertiary/aromatic N) is 7. The Hall–Kier alpha value is -5.76. The Balaban J connectivity index is 1.03. The molecule has 1 aliphatic heterocycles. The topological polar surface area (TPSA) is 50.6 Å². The molecule has 0 spiro atoms. The highest BCUT2D eigenvalue weighted by Crippen LogP contribution is 2.39. The highest BCUT2D eigenvalue weighted by atomic mass is 16.5. The maximum absolute atomic E-state index is 5.32. The fourth-order valence-corrected chi connectivity index (χ4v) is 6.85. The largest absolute Gasteiger partial charge is 0.497 e. The van der Waals surface area contributed by atoms with Gasteiger partial charge in [-0.3, -0.25) is 10.0 Å². The maximum Gasteiger partial charge on any atom is 0.212 e. The number of hydrogen-bond donors (Lipinski definition) is 0. The van der Waals surface area contributed by atoms with Gasteiger partial charge in [0.15, 0.2) is 12.4 Å². The lowest BCUT2D eigenvalue weighted by Gasteiger charge is -2.21. The van der Waals surface area contributed by atoms with Gasteiger partial charge in [-0.25, -0.2) is 4.57 Å². The average Bonchev–Trinajstić information content (AvgIpc) is 3.42. The van der Waals surface area contributed by atoms with Crippen molar-refractivity contribution < 1.29 is 13.9 Å². The first-order chi connectivity index (χ1) is 25.7. The van der Waals surface area contributed by atoms with Crippen LogP contribution in [0.2, 0.25) is 0 Å². The second kappa shape index (κ2) is 17.2. The molecule has 0 fully saturated rings. The van der Waals surface area contributed by atoms with Gasteiger partial charge in [0.25, 0.3) is 0 Å². The van der Waals surface area contributed by atoms with Crippen LogP contribution in [0.4, 0.5) is 28.4 Å². The summed E-state index contributed by atoms with van der Waals surface area (Å²) in [6, 6.07) is 39.9. The highest BCUT2D eigenvalue weighted by Gasteiger charge is 2.44. The predicted molar refractivity (Wildman–Crippen MR) is 221 cm³/mol. The number of unbranched alkanes of at least 4 members (excludes halogenated alkanes) is 3. The minimum Gasteiger partial charge on any atom is -0.497 e. The zero-order chi connectivity index (χ0) is 37.2. The monoisotopic (exact) mass is 707 g/mol. The molecule has 0 saturated carbocycles. The Bertz CT molecular complexity index is 2020. The molecule has 5 aromatic rings. The summed E-state index contributed by atoms with van der Waals surface area (Å²) in [4.78, 5) is 2.17. The van der Waals surface area contributed by atoms with Gasteiger partial charge in [-0.2, -0.15) is 14.8 Å². The molecule has 6 rings (SSSR count). The standard InChI is InChI=1S/C45H53N7O/c1-45(2)42-18-12-13-19-43(42)52(31-15-8-7-14-30-51-32-28-36(29-33-51)34-46-49(4)39-16-10-9-11-17-39)44(45)35-47-50(5)40-22-20-37(21-23-40)48(3)38-24-26-41(53-6)27-25-38/h9-13,16-29,32-35H,7-8,14-15,30-31H2,1-6H3/q+2. The lowest BCUT2D eigenvalue weighted by molar-refractivity contribution is -0.697. The summed E-state index contributed by atoms with van der Waals surface area (Å²) in [6.45, 7) is 6.60. The number of para-hydroxylation sites is 2. The third-order valence-corrected chi connectivity index (χ3v) is 10.2. The predicted octanol–water partition coefficient (Wildman–Crippen LogP) is 8.98. The van der Waals surface area contributed by atoms with Crippen LogP contribution in [0.5, 0.6) is 5.75 Å². The molecule has 1 aromatic heterocycles. The van der Waals surface area contributed by atoms with E-state index in [1.54, 1.807) is 7.11 Å². The van der Waals surface area contributed by atoms with Crippen molar-refractivity contribution in [2.45, 2.75) is 51.5 Å². The summed E-state index contributed by atoms with van der Waals surface area (Å²) in [5, 5.41) is 13.4. The molecular weight excluding hydrogens is 655 g/mol. The van der Waals surface area contributed by atoms with Crippen LogP contribution in [0.3, 0.4) is 0 Å². The highest BCUT2D eigenvalue weighted by molar-refractivity contribution is 6.33. The van der Waals surface area contributed by atoms with E-state index in [1.165, 1.54) is 29.8 Å². The normalized spacial score (nSPS) is 13.5. The minimum absolute atomic E-state index is 0.143. The van der Waals surface area contributed by atoms with Crippen molar-refractivity contribution >= 4 is 46.6 Å². The van der Waals surface area contributed by atoms with Crippen molar-refractivity contribution in [3.63, 3.8) is 0 Å². The quantitative estimate of drug-likeness (QED) is 0.0445. The first kappa shape index (κ1) is 37.0. The summed E-state index contributed by atoms with van der Waals surface area (Å²) in [5.74, 6) is 0.852. The van der Waals surface area contributed by atoms with Crippen molar-refractivity contribution in [1.82, 2.24) is 0 Å². The molecular formula is C45H53N7O+2. The molecule has 272 valence electrons. The zero-order valence-electron chi connectivity index (χ0n) is 32.1. The zero-order valence-corrected chi connectivity index (χ0v) is 32.1. The average molecular weight is 708 g/mol. The Morgan fingerprint density at radius 1 is 0.604 bits per heavy atom. The van der Waals surface area contributed by atoms with Crippen molar-refractivity contribution in [1.29, 1.82) is 0 Å². The molecule has 0 amide bonds. The van der Waals surface area contributed by atoms with E-state index < -0.39 is 0 Å². The first-order valence-electron chi connectivity index (χ1n) is 18.6. The molecule has 53 heavy (non-hydrogen) atoms. The van der Waals surface area contributed by atoms with Crippen molar-refractivity contribution in [3.8, 4) is 5.75 Å². The van der Waals surface area contributed by atoms with Crippen LogP contribution < -0.4 is 24.2 Å². The number of aromatic nitrogens is 1. The van der Waals surface area contributed by atoms with E-state index in [0.717, 1.165) is 60.0 Å². The summed E-state index contributed by atoms with van der Waals surface area (Å²) in [7, 11) is 7.75. The molecule has 0 atom stereocenters. The lowest BCUT2D eigenvalue weighted by Crippen LogP contribution is -2.32. The van der Waals surface area contributed by atoms with E-state index in [4.69, 9.17) is 9.84 Å². The molecule has 4 aromatic carbocycles. The van der Waals surface area contributed by atoms with Gasteiger partial charge in [0.1, 0.15) is 25.1 Å². The van der Waals surface area contributed by atoms with E-state index in [0.29, 0.717) is 0 Å². The first-order valence-corrected chi connectivity index (χ1v) is 18.6. The molecule has 8 heteroatoms. The van der Waals surface area contributed by atoms with Gasteiger partial charge in [-0.1, -0.05) is 36.4 Å². The number of aryl methyl sites for hydroxylation is 1. The van der Waals surface area contributed by atoms with Crippen LogP contribution in [0.25, 0.3) is 0 Å². The Morgan fingerprint density at radius 3 is 1.81 bits per heavy atom. The number of fused-ring (bicyclic) bond motifs is 1. The SMILES string of the molecule is COc1ccc(N(C)c2ccc(N(C)N=CC3=[N+](CCCCCC[n+]4ccc(C=NN(C)c5ccccc5)cc4)c4ccccc4C3(C)C)cc2)cc1. The van der Waals surface area contributed by atoms with Gasteiger partial charge in [-0.15, -0.1) is 0 Å². The smallest absolute Gasteiger partial charge is 0.212 e. The fraction of sp³-hybridized carbons (Fsp3) is 0.289. The van der Waals surface area contributed by atoms with Crippen LogP contribution >= 0.6 is 0 Å². The van der Waals surface area contributed by atoms with Crippen LogP contribution in [0.1, 0.15) is 50.7 Å². The molecule has 0 radical (unpaired) electrons. The van der Waals surface area contributed by atoms with E-state index in [9.17, 15) is 0 Å². The Kier molecular flexibility index (Phi) is 12.0. The number of pyridine rings is 1. The van der Waals surface area contributed by atoms with Crippen LogP contribution in [-0.4, -0.2) is 57.5 Å². The van der Waals surface area contributed by atoms with Crippen molar-refractivity contribution in [3.05, 3.63) is 139 Å². The minimum atomic E-state index is -0.143. The van der Waals surface area contributed by atoms with Crippen molar-refractivity contribution in [2.75, 3.05) is 49.7 Å². The number of methoxy groups -OCH3 is 1. The molecule has 0 unspecified atom stereocenters. The van der Waals surface area contributed by atoms with Crippen LogP contribution in [0.15, 0.2) is 138 Å². The third kappa shape index (κ3) is 9.01. The van der Waals surface area contributed by atoms with E-state index in [-0.39, 0.29) is 5.41 Å². The number of hydrazone groups is 2. The Morgan fingerprint density at radius 2 is 1.15 bits per heavy atom. The second-order valence-corrected chi connectivity index (χ2v) is 14.1. The lowest BCUT2D eigenvalue weighted by atomic mass is 9.82. The number of benzene rings is 4. The Labute approximate surface area is 315 Å². The third-order valence-electron chi connectivity index (χ3n) is 10.2. The number of hydrogen-bond acceptors (Lipinski definition) is 6. The van der Waals surface area contributed by atoms with Gasteiger partial charge < -0.3 is 9.64 Å². The summed E-state index contributed by atoms with van der Waals surface area (Å²) in [5.41, 5.74) is 9.13. The fourth-order valence-electron chi connectivity index (χ4n) is 6.85. The van der Waals surface area contributed by atoms with Gasteiger partial charge in [0.05, 0.1) is 30.1 Å². The molecule has 0 bridgehead atoms. The number of ether oxygens (including phenoxy) is 1. The van der Waals surface area contributed by atoms with Gasteiger partial charge in [0.2, 0.25) is 11.4 Å². The number of rotatable bonds is 16. The van der Waals surface area contributed by atoms with E-state index in [1.807, 2.05) is 60.7 Å².